The lowest BCUT2D eigenvalue weighted by Crippen LogP contribution is -2.15. The van der Waals surface area contributed by atoms with E-state index >= 15 is 0 Å². The highest BCUT2D eigenvalue weighted by Crippen LogP contribution is 2.38. The van der Waals surface area contributed by atoms with Crippen LogP contribution < -0.4 is 5.32 Å². The molecular weight excluding hydrogens is 296 g/mol. The first-order valence-corrected chi connectivity index (χ1v) is 7.54. The van der Waals surface area contributed by atoms with Crippen LogP contribution in [-0.4, -0.2) is 33.2 Å². The van der Waals surface area contributed by atoms with Gasteiger partial charge < -0.3 is 10.1 Å². The third-order valence-electron chi connectivity index (χ3n) is 3.85. The number of amides is 1. The normalized spacial score (nSPS) is 19.2. The summed E-state index contributed by atoms with van der Waals surface area (Å²) in [5.41, 5.74) is 1.13. The molecule has 1 heterocycles. The predicted molar refractivity (Wildman–Crippen MR) is 82.6 cm³/mol. The van der Waals surface area contributed by atoms with Gasteiger partial charge in [0.2, 0.25) is 5.91 Å². The SMILES string of the molecule is C[C@@H]1C[C@@H]1C(=O)Nc1ccc(C(=O)OCCn2cncn2)cc1. The van der Waals surface area contributed by atoms with E-state index in [9.17, 15) is 9.59 Å². The van der Waals surface area contributed by atoms with Crippen LogP contribution in [0.4, 0.5) is 5.69 Å². The summed E-state index contributed by atoms with van der Waals surface area (Å²) in [5.74, 6) is 0.227. The number of carbonyl (C=O) groups excluding carboxylic acids is 2. The van der Waals surface area contributed by atoms with Gasteiger partial charge in [0, 0.05) is 11.6 Å². The molecule has 1 saturated carbocycles. The lowest BCUT2D eigenvalue weighted by Gasteiger charge is -2.07. The number of ether oxygens (including phenoxy) is 1. The van der Waals surface area contributed by atoms with Crippen molar-refractivity contribution in [3.05, 3.63) is 42.5 Å². The van der Waals surface area contributed by atoms with Crippen molar-refractivity contribution >= 4 is 17.6 Å². The highest BCUT2D eigenvalue weighted by Gasteiger charge is 2.39. The summed E-state index contributed by atoms with van der Waals surface area (Å²) in [6, 6.07) is 6.70. The Bertz CT molecular complexity index is 682. The molecule has 1 aliphatic carbocycles. The molecule has 0 unspecified atom stereocenters. The lowest BCUT2D eigenvalue weighted by atomic mass is 10.2. The van der Waals surface area contributed by atoms with Crippen LogP contribution in [0.25, 0.3) is 0 Å². The largest absolute Gasteiger partial charge is 0.460 e. The van der Waals surface area contributed by atoms with Crippen molar-refractivity contribution in [2.24, 2.45) is 11.8 Å². The Labute approximate surface area is 133 Å². The molecule has 2 atom stereocenters. The number of nitrogens with zero attached hydrogens (tertiary/aromatic N) is 3. The van der Waals surface area contributed by atoms with Gasteiger partial charge in [-0.25, -0.2) is 14.5 Å². The van der Waals surface area contributed by atoms with E-state index in [-0.39, 0.29) is 18.4 Å². The third-order valence-corrected chi connectivity index (χ3v) is 3.85. The molecular formula is C16H18N4O3. The number of benzene rings is 1. The van der Waals surface area contributed by atoms with Gasteiger partial charge in [-0.3, -0.25) is 4.79 Å². The summed E-state index contributed by atoms with van der Waals surface area (Å²) < 4.78 is 6.76. The van der Waals surface area contributed by atoms with Crippen LogP contribution in [0.15, 0.2) is 36.9 Å². The maximum absolute atomic E-state index is 11.9. The Hall–Kier alpha value is -2.70. The van der Waals surface area contributed by atoms with E-state index in [2.05, 4.69) is 22.3 Å². The van der Waals surface area contributed by atoms with Gasteiger partial charge in [0.05, 0.1) is 12.1 Å². The zero-order chi connectivity index (χ0) is 16.2. The van der Waals surface area contributed by atoms with Crippen molar-refractivity contribution in [1.82, 2.24) is 14.8 Å². The van der Waals surface area contributed by atoms with E-state index in [4.69, 9.17) is 4.74 Å². The molecule has 0 saturated heterocycles. The van der Waals surface area contributed by atoms with Crippen LogP contribution in [0.5, 0.6) is 0 Å². The van der Waals surface area contributed by atoms with Gasteiger partial charge in [-0.2, -0.15) is 5.10 Å². The number of aromatic nitrogens is 3. The number of rotatable bonds is 6. The molecule has 2 aromatic rings. The summed E-state index contributed by atoms with van der Waals surface area (Å²) in [4.78, 5) is 27.6. The van der Waals surface area contributed by atoms with Crippen molar-refractivity contribution in [3.63, 3.8) is 0 Å². The molecule has 1 aromatic heterocycles. The Kier molecular flexibility index (Phi) is 4.36. The van der Waals surface area contributed by atoms with Crippen LogP contribution >= 0.6 is 0 Å². The Morgan fingerprint density at radius 1 is 1.35 bits per heavy atom. The fourth-order valence-corrected chi connectivity index (χ4v) is 2.28. The molecule has 23 heavy (non-hydrogen) atoms. The minimum atomic E-state index is -0.404. The van der Waals surface area contributed by atoms with Crippen LogP contribution in [0.3, 0.4) is 0 Å². The van der Waals surface area contributed by atoms with Crippen LogP contribution in [0.1, 0.15) is 23.7 Å². The lowest BCUT2D eigenvalue weighted by molar-refractivity contribution is -0.117. The molecule has 0 spiro atoms. The molecule has 1 aromatic carbocycles. The van der Waals surface area contributed by atoms with Gasteiger partial charge >= 0.3 is 5.97 Å². The van der Waals surface area contributed by atoms with E-state index in [1.54, 1.807) is 35.3 Å². The van der Waals surface area contributed by atoms with Crippen molar-refractivity contribution in [1.29, 1.82) is 0 Å². The molecule has 0 bridgehead atoms. The standard InChI is InChI=1S/C16H18N4O3/c1-11-8-14(11)15(21)19-13-4-2-12(3-5-13)16(22)23-7-6-20-10-17-9-18-20/h2-5,9-11,14H,6-8H2,1H3,(H,19,21)/t11-,14+/m1/s1. The number of hydrogen-bond acceptors (Lipinski definition) is 5. The second-order valence-electron chi connectivity index (χ2n) is 5.68. The van der Waals surface area contributed by atoms with E-state index in [1.807, 2.05) is 0 Å². The van der Waals surface area contributed by atoms with Crippen molar-refractivity contribution in [3.8, 4) is 0 Å². The molecule has 7 heteroatoms. The Morgan fingerprint density at radius 2 is 2.09 bits per heavy atom. The number of esters is 1. The first-order chi connectivity index (χ1) is 11.1. The van der Waals surface area contributed by atoms with Crippen molar-refractivity contribution in [2.75, 3.05) is 11.9 Å². The summed E-state index contributed by atoms with van der Waals surface area (Å²) in [5, 5.41) is 6.78. The zero-order valence-electron chi connectivity index (χ0n) is 12.8. The molecule has 1 fully saturated rings. The number of anilines is 1. The average Bonchev–Trinajstić information content (AvgIpc) is 3.06. The highest BCUT2D eigenvalue weighted by atomic mass is 16.5. The summed E-state index contributed by atoms with van der Waals surface area (Å²) >= 11 is 0. The second kappa shape index (κ2) is 6.60. The van der Waals surface area contributed by atoms with E-state index in [1.165, 1.54) is 6.33 Å². The average molecular weight is 314 g/mol. The number of hydrogen-bond donors (Lipinski definition) is 1. The fourth-order valence-electron chi connectivity index (χ4n) is 2.28. The van der Waals surface area contributed by atoms with Crippen molar-refractivity contribution in [2.45, 2.75) is 19.9 Å². The van der Waals surface area contributed by atoms with Gasteiger partial charge in [0.25, 0.3) is 0 Å². The Balaban J connectivity index is 1.48. The van der Waals surface area contributed by atoms with Crippen LogP contribution in [0, 0.1) is 11.8 Å². The molecule has 7 nitrogen and oxygen atoms in total. The summed E-state index contributed by atoms with van der Waals surface area (Å²) in [6.07, 6.45) is 3.94. The number of carbonyl (C=O) groups is 2. The Morgan fingerprint density at radius 3 is 2.70 bits per heavy atom. The molecule has 120 valence electrons. The predicted octanol–water partition coefficient (Wildman–Crippen LogP) is 1.73. The minimum Gasteiger partial charge on any atom is -0.460 e. The van der Waals surface area contributed by atoms with E-state index < -0.39 is 5.97 Å². The monoisotopic (exact) mass is 314 g/mol. The maximum atomic E-state index is 11.9. The highest BCUT2D eigenvalue weighted by molar-refractivity contribution is 5.95. The first-order valence-electron chi connectivity index (χ1n) is 7.54. The smallest absolute Gasteiger partial charge is 0.338 e. The van der Waals surface area contributed by atoms with E-state index in [0.29, 0.717) is 23.7 Å². The molecule has 1 aliphatic rings. The number of nitrogens with one attached hydrogen (secondary N) is 1. The third kappa shape index (κ3) is 3.94. The van der Waals surface area contributed by atoms with Gasteiger partial charge in [0.15, 0.2) is 0 Å². The van der Waals surface area contributed by atoms with Gasteiger partial charge in [-0.1, -0.05) is 6.92 Å². The zero-order valence-corrected chi connectivity index (χ0v) is 12.8. The second-order valence-corrected chi connectivity index (χ2v) is 5.68. The van der Waals surface area contributed by atoms with Gasteiger partial charge in [-0.15, -0.1) is 0 Å². The molecule has 3 rings (SSSR count). The quantitative estimate of drug-likeness (QED) is 0.821. The maximum Gasteiger partial charge on any atom is 0.338 e. The van der Waals surface area contributed by atoms with Gasteiger partial charge in [0.1, 0.15) is 19.3 Å². The fraction of sp³-hybridized carbons (Fsp3) is 0.375. The van der Waals surface area contributed by atoms with Crippen LogP contribution in [-0.2, 0) is 16.1 Å². The van der Waals surface area contributed by atoms with E-state index in [0.717, 1.165) is 6.42 Å². The molecule has 0 aliphatic heterocycles. The summed E-state index contributed by atoms with van der Waals surface area (Å²) in [7, 11) is 0. The molecule has 1 amide bonds. The minimum absolute atomic E-state index is 0.0423. The van der Waals surface area contributed by atoms with Crippen LogP contribution in [0.2, 0.25) is 0 Å². The molecule has 0 radical (unpaired) electrons. The van der Waals surface area contributed by atoms with Gasteiger partial charge in [-0.05, 0) is 36.6 Å². The topological polar surface area (TPSA) is 86.1 Å². The first kappa shape index (κ1) is 15.2. The van der Waals surface area contributed by atoms with Crippen molar-refractivity contribution < 1.29 is 14.3 Å². The molecule has 1 N–H and O–H groups in total. The summed E-state index contributed by atoms with van der Waals surface area (Å²) in [6.45, 7) is 2.74.